The molecule has 0 aromatic heterocycles. The SMILES string of the molecule is CN1CC[C@@]2(CCCN(C(=O)C3CCOCC3)CC2)C1=O. The maximum absolute atomic E-state index is 12.6. The topological polar surface area (TPSA) is 49.9 Å². The third-order valence-electron chi connectivity index (χ3n) is 5.55. The van der Waals surface area contributed by atoms with E-state index in [-0.39, 0.29) is 17.2 Å². The summed E-state index contributed by atoms with van der Waals surface area (Å²) in [6, 6.07) is 0. The zero-order chi connectivity index (χ0) is 14.9. The van der Waals surface area contributed by atoms with Crippen LogP contribution in [0.4, 0.5) is 0 Å². The van der Waals surface area contributed by atoms with Crippen molar-refractivity contribution in [1.29, 1.82) is 0 Å². The van der Waals surface area contributed by atoms with E-state index in [1.807, 2.05) is 16.8 Å². The fourth-order valence-electron chi connectivity index (χ4n) is 4.08. The number of carbonyl (C=O) groups is 2. The van der Waals surface area contributed by atoms with E-state index in [4.69, 9.17) is 4.74 Å². The minimum absolute atomic E-state index is 0.134. The molecule has 0 unspecified atom stereocenters. The minimum Gasteiger partial charge on any atom is -0.381 e. The van der Waals surface area contributed by atoms with Gasteiger partial charge >= 0.3 is 0 Å². The van der Waals surface area contributed by atoms with Crippen LogP contribution in [0, 0.1) is 11.3 Å². The molecule has 118 valence electrons. The summed E-state index contributed by atoms with van der Waals surface area (Å²) in [5.41, 5.74) is -0.181. The van der Waals surface area contributed by atoms with Crippen LogP contribution in [-0.4, -0.2) is 61.5 Å². The smallest absolute Gasteiger partial charge is 0.228 e. The molecule has 0 N–H and O–H groups in total. The lowest BCUT2D eigenvalue weighted by molar-refractivity contribution is -0.139. The van der Waals surface area contributed by atoms with Gasteiger partial charge in [-0.1, -0.05) is 0 Å². The zero-order valence-corrected chi connectivity index (χ0v) is 13.0. The van der Waals surface area contributed by atoms with E-state index in [2.05, 4.69) is 0 Å². The molecule has 3 rings (SSSR count). The first-order valence-electron chi connectivity index (χ1n) is 8.24. The second kappa shape index (κ2) is 5.95. The number of hydrogen-bond donors (Lipinski definition) is 0. The lowest BCUT2D eigenvalue weighted by Gasteiger charge is -2.29. The molecule has 0 aromatic carbocycles. The van der Waals surface area contributed by atoms with Gasteiger partial charge in [-0.15, -0.1) is 0 Å². The largest absolute Gasteiger partial charge is 0.381 e. The van der Waals surface area contributed by atoms with Crippen molar-refractivity contribution in [3.05, 3.63) is 0 Å². The molecular formula is C16H26N2O3. The Morgan fingerprint density at radius 1 is 1.14 bits per heavy atom. The molecule has 0 bridgehead atoms. The summed E-state index contributed by atoms with van der Waals surface area (Å²) in [6.07, 6.45) is 5.39. The number of likely N-dealkylation sites (tertiary alicyclic amines) is 2. The highest BCUT2D eigenvalue weighted by Crippen LogP contribution is 2.41. The number of ether oxygens (including phenoxy) is 1. The van der Waals surface area contributed by atoms with Crippen molar-refractivity contribution < 1.29 is 14.3 Å². The van der Waals surface area contributed by atoms with E-state index in [9.17, 15) is 9.59 Å². The van der Waals surface area contributed by atoms with Crippen LogP contribution in [0.3, 0.4) is 0 Å². The summed E-state index contributed by atoms with van der Waals surface area (Å²) < 4.78 is 5.34. The van der Waals surface area contributed by atoms with E-state index in [1.165, 1.54) is 0 Å². The Labute approximate surface area is 126 Å². The maximum atomic E-state index is 12.6. The van der Waals surface area contributed by atoms with Gasteiger partial charge in [0.15, 0.2) is 0 Å². The van der Waals surface area contributed by atoms with E-state index >= 15 is 0 Å². The Morgan fingerprint density at radius 2 is 1.86 bits per heavy atom. The molecule has 1 spiro atoms. The molecule has 0 radical (unpaired) electrons. The maximum Gasteiger partial charge on any atom is 0.228 e. The van der Waals surface area contributed by atoms with Crippen LogP contribution in [-0.2, 0) is 14.3 Å². The van der Waals surface area contributed by atoms with Crippen LogP contribution in [0.1, 0.15) is 38.5 Å². The Bertz CT molecular complexity index is 420. The van der Waals surface area contributed by atoms with Crippen molar-refractivity contribution in [2.45, 2.75) is 38.5 Å². The van der Waals surface area contributed by atoms with Crippen molar-refractivity contribution in [3.63, 3.8) is 0 Å². The monoisotopic (exact) mass is 294 g/mol. The Hall–Kier alpha value is -1.10. The molecule has 0 saturated carbocycles. The molecule has 21 heavy (non-hydrogen) atoms. The van der Waals surface area contributed by atoms with Gasteiger partial charge in [0, 0.05) is 45.8 Å². The van der Waals surface area contributed by atoms with Gasteiger partial charge in [0.25, 0.3) is 0 Å². The third-order valence-corrected chi connectivity index (χ3v) is 5.55. The quantitative estimate of drug-likeness (QED) is 0.732. The average Bonchev–Trinajstić information content (AvgIpc) is 2.71. The molecule has 3 heterocycles. The normalized spacial score (nSPS) is 31.8. The summed E-state index contributed by atoms with van der Waals surface area (Å²) in [4.78, 5) is 28.9. The highest BCUT2D eigenvalue weighted by Gasteiger charge is 2.46. The number of rotatable bonds is 1. The van der Waals surface area contributed by atoms with Gasteiger partial charge in [-0.05, 0) is 38.5 Å². The number of hydrogen-bond acceptors (Lipinski definition) is 3. The van der Waals surface area contributed by atoms with Crippen molar-refractivity contribution >= 4 is 11.8 Å². The lowest BCUT2D eigenvalue weighted by atomic mass is 9.79. The first-order chi connectivity index (χ1) is 10.1. The first kappa shape index (κ1) is 14.8. The average molecular weight is 294 g/mol. The molecule has 3 aliphatic rings. The van der Waals surface area contributed by atoms with E-state index in [0.29, 0.717) is 19.1 Å². The Balaban J connectivity index is 1.63. The van der Waals surface area contributed by atoms with Crippen molar-refractivity contribution in [2.24, 2.45) is 11.3 Å². The third kappa shape index (κ3) is 2.80. The molecule has 3 aliphatic heterocycles. The predicted octanol–water partition coefficient (Wildman–Crippen LogP) is 1.27. The summed E-state index contributed by atoms with van der Waals surface area (Å²) >= 11 is 0. The van der Waals surface area contributed by atoms with E-state index in [1.54, 1.807) is 0 Å². The van der Waals surface area contributed by atoms with Crippen molar-refractivity contribution in [2.75, 3.05) is 39.9 Å². The van der Waals surface area contributed by atoms with Gasteiger partial charge < -0.3 is 14.5 Å². The van der Waals surface area contributed by atoms with Crippen molar-refractivity contribution in [3.8, 4) is 0 Å². The predicted molar refractivity (Wildman–Crippen MR) is 78.7 cm³/mol. The fourth-order valence-corrected chi connectivity index (χ4v) is 4.08. The van der Waals surface area contributed by atoms with Gasteiger partial charge in [-0.25, -0.2) is 0 Å². The van der Waals surface area contributed by atoms with E-state index < -0.39 is 0 Å². The highest BCUT2D eigenvalue weighted by molar-refractivity contribution is 5.85. The molecular weight excluding hydrogens is 268 g/mol. The molecule has 1 atom stereocenters. The Kier molecular flexibility index (Phi) is 4.20. The molecule has 3 fully saturated rings. The molecule has 0 aliphatic carbocycles. The van der Waals surface area contributed by atoms with Crippen LogP contribution in [0.5, 0.6) is 0 Å². The molecule has 3 saturated heterocycles. The summed E-state index contributed by atoms with van der Waals surface area (Å²) in [5.74, 6) is 0.715. The van der Waals surface area contributed by atoms with Crippen LogP contribution >= 0.6 is 0 Å². The second-order valence-electron chi connectivity index (χ2n) is 6.82. The molecule has 5 heteroatoms. The minimum atomic E-state index is -0.181. The number of carbonyl (C=O) groups excluding carboxylic acids is 2. The lowest BCUT2D eigenvalue weighted by Crippen LogP contribution is -2.40. The first-order valence-corrected chi connectivity index (χ1v) is 8.24. The van der Waals surface area contributed by atoms with Gasteiger partial charge in [-0.2, -0.15) is 0 Å². The molecule has 0 aromatic rings. The fraction of sp³-hybridized carbons (Fsp3) is 0.875. The van der Waals surface area contributed by atoms with Crippen molar-refractivity contribution in [1.82, 2.24) is 9.80 Å². The zero-order valence-electron chi connectivity index (χ0n) is 13.0. The highest BCUT2D eigenvalue weighted by atomic mass is 16.5. The molecule has 5 nitrogen and oxygen atoms in total. The van der Waals surface area contributed by atoms with Crippen LogP contribution in [0.15, 0.2) is 0 Å². The van der Waals surface area contributed by atoms with Crippen LogP contribution in [0.2, 0.25) is 0 Å². The summed E-state index contributed by atoms with van der Waals surface area (Å²) in [5, 5.41) is 0. The summed E-state index contributed by atoms with van der Waals surface area (Å²) in [6.45, 7) is 3.84. The number of nitrogens with zero attached hydrogens (tertiary/aromatic N) is 2. The summed E-state index contributed by atoms with van der Waals surface area (Å²) in [7, 11) is 1.90. The van der Waals surface area contributed by atoms with Crippen LogP contribution < -0.4 is 0 Å². The van der Waals surface area contributed by atoms with Gasteiger partial charge in [0.2, 0.25) is 11.8 Å². The molecule has 2 amide bonds. The standard InChI is InChI=1S/C16H26N2O3/c1-17-9-6-16(15(17)20)5-2-8-18(10-7-16)14(19)13-3-11-21-12-4-13/h13H,2-12H2,1H3/t16-/m1/s1. The number of amides is 2. The van der Waals surface area contributed by atoms with Gasteiger partial charge in [0.1, 0.15) is 0 Å². The second-order valence-corrected chi connectivity index (χ2v) is 6.82. The van der Waals surface area contributed by atoms with Gasteiger partial charge in [-0.3, -0.25) is 9.59 Å². The van der Waals surface area contributed by atoms with Crippen LogP contribution in [0.25, 0.3) is 0 Å². The van der Waals surface area contributed by atoms with E-state index in [0.717, 1.165) is 58.2 Å². The van der Waals surface area contributed by atoms with Gasteiger partial charge in [0.05, 0.1) is 5.41 Å². The Morgan fingerprint density at radius 3 is 2.52 bits per heavy atom.